The highest BCUT2D eigenvalue weighted by Crippen LogP contribution is 2.23. The molecule has 2 aromatic carbocycles. The van der Waals surface area contributed by atoms with E-state index in [-0.39, 0.29) is 10.6 Å². The minimum atomic E-state index is -1.06. The summed E-state index contributed by atoms with van der Waals surface area (Å²) in [5, 5.41) is 9.19. The van der Waals surface area contributed by atoms with Gasteiger partial charge >= 0.3 is 5.97 Å². The Bertz CT molecular complexity index is 959. The number of halogens is 1. The molecule has 26 heavy (non-hydrogen) atoms. The van der Waals surface area contributed by atoms with Crippen LogP contribution in [0.3, 0.4) is 0 Å². The SMILES string of the molecule is CN(C)c1ccc(-n2cccc2C=Nc2ccc(C(=O)O)c(Cl)c2)cc1. The molecule has 0 aliphatic rings. The van der Waals surface area contributed by atoms with Crippen LogP contribution in [0.2, 0.25) is 5.02 Å². The number of aromatic carboxylic acids is 1. The van der Waals surface area contributed by atoms with Gasteiger partial charge in [-0.1, -0.05) is 11.6 Å². The molecule has 0 saturated carbocycles. The van der Waals surface area contributed by atoms with Gasteiger partial charge in [0.15, 0.2) is 0 Å². The highest BCUT2D eigenvalue weighted by molar-refractivity contribution is 6.33. The van der Waals surface area contributed by atoms with Crippen LogP contribution in [0.1, 0.15) is 16.1 Å². The molecule has 0 unspecified atom stereocenters. The fourth-order valence-electron chi connectivity index (χ4n) is 2.54. The number of nitrogens with zero attached hydrogens (tertiary/aromatic N) is 3. The molecule has 132 valence electrons. The third kappa shape index (κ3) is 3.78. The number of aromatic nitrogens is 1. The van der Waals surface area contributed by atoms with Crippen molar-refractivity contribution < 1.29 is 9.90 Å². The molecule has 0 fully saturated rings. The van der Waals surface area contributed by atoms with Gasteiger partial charge in [-0.15, -0.1) is 0 Å². The predicted octanol–water partition coefficient (Wildman–Crippen LogP) is 4.65. The highest BCUT2D eigenvalue weighted by atomic mass is 35.5. The molecule has 3 rings (SSSR count). The van der Waals surface area contributed by atoms with Gasteiger partial charge in [-0.05, 0) is 54.6 Å². The zero-order chi connectivity index (χ0) is 18.7. The maximum absolute atomic E-state index is 11.0. The highest BCUT2D eigenvalue weighted by Gasteiger charge is 2.08. The van der Waals surface area contributed by atoms with Crippen molar-refractivity contribution in [3.8, 4) is 5.69 Å². The Labute approximate surface area is 156 Å². The van der Waals surface area contributed by atoms with Gasteiger partial charge in [-0.3, -0.25) is 4.99 Å². The molecule has 1 heterocycles. The Balaban J connectivity index is 1.86. The van der Waals surface area contributed by atoms with E-state index in [1.54, 1.807) is 18.3 Å². The topological polar surface area (TPSA) is 57.8 Å². The van der Waals surface area contributed by atoms with Crippen LogP contribution in [0.15, 0.2) is 65.8 Å². The summed E-state index contributed by atoms with van der Waals surface area (Å²) in [7, 11) is 4.01. The monoisotopic (exact) mass is 367 g/mol. The van der Waals surface area contributed by atoms with Gasteiger partial charge in [0.1, 0.15) is 0 Å². The van der Waals surface area contributed by atoms with Crippen LogP contribution < -0.4 is 4.90 Å². The number of benzene rings is 2. The second-order valence-corrected chi connectivity index (χ2v) is 6.35. The molecule has 0 saturated heterocycles. The average molecular weight is 368 g/mol. The van der Waals surface area contributed by atoms with E-state index in [0.29, 0.717) is 5.69 Å². The normalized spacial score (nSPS) is 11.0. The number of hydrogen-bond acceptors (Lipinski definition) is 3. The average Bonchev–Trinajstić information content (AvgIpc) is 3.08. The van der Waals surface area contributed by atoms with E-state index < -0.39 is 5.97 Å². The molecule has 3 aromatic rings. The van der Waals surface area contributed by atoms with E-state index in [2.05, 4.69) is 17.1 Å². The van der Waals surface area contributed by atoms with E-state index in [4.69, 9.17) is 16.7 Å². The summed E-state index contributed by atoms with van der Waals surface area (Å²) in [6.07, 6.45) is 3.69. The Morgan fingerprint density at radius 3 is 2.50 bits per heavy atom. The Hall–Kier alpha value is -3.05. The molecule has 0 radical (unpaired) electrons. The predicted molar refractivity (Wildman–Crippen MR) is 106 cm³/mol. The summed E-state index contributed by atoms with van der Waals surface area (Å²) in [5.41, 5.74) is 3.72. The van der Waals surface area contributed by atoms with Gasteiger partial charge in [0, 0.05) is 31.7 Å². The van der Waals surface area contributed by atoms with Gasteiger partial charge < -0.3 is 14.6 Å². The first-order chi connectivity index (χ1) is 12.5. The van der Waals surface area contributed by atoms with E-state index >= 15 is 0 Å². The second kappa shape index (κ2) is 7.45. The first kappa shape index (κ1) is 17.8. The van der Waals surface area contributed by atoms with E-state index in [9.17, 15) is 4.79 Å². The Kier molecular flexibility index (Phi) is 5.09. The lowest BCUT2D eigenvalue weighted by Gasteiger charge is -2.13. The molecule has 0 atom stereocenters. The van der Waals surface area contributed by atoms with Crippen molar-refractivity contribution in [2.45, 2.75) is 0 Å². The molecule has 5 nitrogen and oxygen atoms in total. The van der Waals surface area contributed by atoms with Crippen LogP contribution in [-0.2, 0) is 0 Å². The fraction of sp³-hybridized carbons (Fsp3) is 0.100. The summed E-state index contributed by atoms with van der Waals surface area (Å²) in [5.74, 6) is -1.06. The first-order valence-corrected chi connectivity index (χ1v) is 8.35. The summed E-state index contributed by atoms with van der Waals surface area (Å²) in [6.45, 7) is 0. The lowest BCUT2D eigenvalue weighted by molar-refractivity contribution is 0.0697. The lowest BCUT2D eigenvalue weighted by atomic mass is 10.2. The standard InChI is InChI=1S/C20H18ClN3O2/c1-23(2)15-6-8-16(9-7-15)24-11-3-4-17(24)13-22-14-5-10-18(20(25)26)19(21)12-14/h3-13H,1-2H3,(H,25,26). The minimum Gasteiger partial charge on any atom is -0.478 e. The van der Waals surface area contributed by atoms with Gasteiger partial charge in [-0.25, -0.2) is 4.79 Å². The van der Waals surface area contributed by atoms with E-state index in [1.807, 2.05) is 54.0 Å². The Morgan fingerprint density at radius 1 is 1.15 bits per heavy atom. The second-order valence-electron chi connectivity index (χ2n) is 5.94. The van der Waals surface area contributed by atoms with E-state index in [1.165, 1.54) is 6.07 Å². The van der Waals surface area contributed by atoms with Crippen LogP contribution in [0, 0.1) is 0 Å². The van der Waals surface area contributed by atoms with Gasteiger partial charge in [0.05, 0.1) is 28.2 Å². The third-order valence-electron chi connectivity index (χ3n) is 3.95. The molecule has 1 aromatic heterocycles. The van der Waals surface area contributed by atoms with Crippen LogP contribution in [0.25, 0.3) is 5.69 Å². The van der Waals surface area contributed by atoms with Crippen LogP contribution >= 0.6 is 11.6 Å². The number of carboxylic acid groups (broad SMARTS) is 1. The lowest BCUT2D eigenvalue weighted by Crippen LogP contribution is -2.08. The smallest absolute Gasteiger partial charge is 0.337 e. The summed E-state index contributed by atoms with van der Waals surface area (Å²) < 4.78 is 2.02. The summed E-state index contributed by atoms with van der Waals surface area (Å²) in [6, 6.07) is 16.7. The number of hydrogen-bond donors (Lipinski definition) is 1. The molecule has 0 bridgehead atoms. The van der Waals surface area contributed by atoms with Crippen molar-refractivity contribution in [1.29, 1.82) is 0 Å². The number of carbonyl (C=O) groups is 1. The van der Waals surface area contributed by atoms with Crippen molar-refractivity contribution in [3.63, 3.8) is 0 Å². The van der Waals surface area contributed by atoms with Crippen LogP contribution in [-0.4, -0.2) is 36.0 Å². The van der Waals surface area contributed by atoms with Crippen molar-refractivity contribution in [2.75, 3.05) is 19.0 Å². The van der Waals surface area contributed by atoms with Gasteiger partial charge in [0.2, 0.25) is 0 Å². The number of rotatable bonds is 5. The quantitative estimate of drug-likeness (QED) is 0.668. The molecule has 6 heteroatoms. The number of aliphatic imine (C=N–C) groups is 1. The van der Waals surface area contributed by atoms with Crippen molar-refractivity contribution in [2.24, 2.45) is 4.99 Å². The molecule has 0 aliphatic carbocycles. The van der Waals surface area contributed by atoms with Crippen LogP contribution in [0.4, 0.5) is 11.4 Å². The zero-order valence-corrected chi connectivity index (χ0v) is 15.2. The largest absolute Gasteiger partial charge is 0.478 e. The molecular weight excluding hydrogens is 350 g/mol. The first-order valence-electron chi connectivity index (χ1n) is 7.98. The molecular formula is C20H18ClN3O2. The van der Waals surface area contributed by atoms with Crippen LogP contribution in [0.5, 0.6) is 0 Å². The van der Waals surface area contributed by atoms with Crippen molar-refractivity contribution in [1.82, 2.24) is 4.57 Å². The number of carboxylic acids is 1. The fourth-order valence-corrected chi connectivity index (χ4v) is 2.80. The van der Waals surface area contributed by atoms with Crippen molar-refractivity contribution >= 4 is 35.2 Å². The zero-order valence-electron chi connectivity index (χ0n) is 14.4. The molecule has 1 N–H and O–H groups in total. The molecule has 0 spiro atoms. The molecule has 0 amide bonds. The Morgan fingerprint density at radius 2 is 1.88 bits per heavy atom. The maximum atomic E-state index is 11.0. The third-order valence-corrected chi connectivity index (χ3v) is 4.27. The summed E-state index contributed by atoms with van der Waals surface area (Å²) in [4.78, 5) is 17.5. The number of anilines is 1. The van der Waals surface area contributed by atoms with Gasteiger partial charge in [0.25, 0.3) is 0 Å². The van der Waals surface area contributed by atoms with E-state index in [0.717, 1.165) is 17.1 Å². The van der Waals surface area contributed by atoms with Crippen molar-refractivity contribution in [3.05, 3.63) is 77.1 Å². The maximum Gasteiger partial charge on any atom is 0.337 e. The van der Waals surface area contributed by atoms with Gasteiger partial charge in [-0.2, -0.15) is 0 Å². The molecule has 0 aliphatic heterocycles. The minimum absolute atomic E-state index is 0.0648. The summed E-state index contributed by atoms with van der Waals surface area (Å²) >= 11 is 5.99.